The van der Waals surface area contributed by atoms with Crippen molar-refractivity contribution >= 4 is 39.7 Å². The minimum Gasteiger partial charge on any atom is -0.418 e. The number of nitriles is 1. The van der Waals surface area contributed by atoms with Gasteiger partial charge in [0.15, 0.2) is 0 Å². The van der Waals surface area contributed by atoms with Gasteiger partial charge in [-0.25, -0.2) is 0 Å². The molecule has 3 aromatic rings. The van der Waals surface area contributed by atoms with Crippen molar-refractivity contribution in [2.75, 3.05) is 0 Å². The molecule has 3 aromatic carbocycles. The maximum Gasteiger partial charge on any atom is 2.00 e. The van der Waals surface area contributed by atoms with Crippen LogP contribution in [0.15, 0.2) is 84.9 Å². The third kappa shape index (κ3) is 17.3. The maximum absolute atomic E-state index is 9.75. The van der Waals surface area contributed by atoms with Crippen molar-refractivity contribution in [1.82, 2.24) is 0 Å². The van der Waals surface area contributed by atoms with Crippen molar-refractivity contribution in [3.8, 4) is 6.07 Å². The molecule has 5 aliphatic carbocycles. The van der Waals surface area contributed by atoms with Crippen LogP contribution in [0, 0.1) is 117 Å². The summed E-state index contributed by atoms with van der Waals surface area (Å²) in [7, 11) is -5.56. The van der Waals surface area contributed by atoms with E-state index in [4.69, 9.17) is 5.26 Å². The Balaban J connectivity index is 0.000000405. The zero-order valence-corrected chi connectivity index (χ0v) is 37.0. The number of hydrogen-bond donors (Lipinski definition) is 0. The van der Waals surface area contributed by atoms with Gasteiger partial charge in [-0.05, 0) is 160 Å². The van der Waals surface area contributed by atoms with Crippen LogP contribution in [0.3, 0.4) is 0 Å². The third-order valence-electron chi connectivity index (χ3n) is 9.60. The fraction of sp³-hybridized carbons (Fsp3) is 0.261. The number of halogens is 4. The van der Waals surface area contributed by atoms with Gasteiger partial charge in [0.1, 0.15) is 0 Å². The average molecular weight is 923 g/mol. The summed E-state index contributed by atoms with van der Waals surface area (Å²) in [5, 5.41) is 11.6. The quantitative estimate of drug-likeness (QED) is 0.132. The van der Waals surface area contributed by atoms with Crippen LogP contribution in [-0.4, -0.2) is 18.6 Å². The molecule has 10 heteroatoms. The molecule has 4 unspecified atom stereocenters. The minimum absolute atomic E-state index is 0. The second-order valence-corrected chi connectivity index (χ2v) is 17.9. The summed E-state index contributed by atoms with van der Waals surface area (Å²) in [5.74, 6) is 7.79. The minimum atomic E-state index is -6.00. The normalized spacial score (nSPS) is 22.6. The summed E-state index contributed by atoms with van der Waals surface area (Å²) >= 11 is 0. The van der Waals surface area contributed by atoms with Crippen LogP contribution < -0.4 is 15.9 Å². The first kappa shape index (κ1) is 51.1. The predicted octanol–water partition coefficient (Wildman–Crippen LogP) is 11.5. The van der Waals surface area contributed by atoms with Gasteiger partial charge in [0.05, 0.1) is 6.07 Å². The van der Waals surface area contributed by atoms with E-state index in [1.54, 1.807) is 12.0 Å². The number of hydrogen-bond acceptors (Lipinski definition) is 1. The van der Waals surface area contributed by atoms with Crippen molar-refractivity contribution in [2.24, 2.45) is 11.8 Å². The number of rotatable bonds is 7. The van der Waals surface area contributed by atoms with E-state index >= 15 is 0 Å². The SMILES string of the molecule is CC#N.C[C@@H](PC1CC2CCC1C2)[C]1[CH][CH][CH][C]1c1ccccc1P(c1ccccc1)c1ccccc1.C[C]1[CH][CH][C](C)[CH]1.F[B-](F)(F)F.[CH]1[CH][CH][CH][CH]1.[Fe+2].[Ru+2]. The topological polar surface area (TPSA) is 23.8 Å². The Morgan fingerprint density at radius 3 is 1.62 bits per heavy atom. The second-order valence-electron chi connectivity index (χ2n) is 13.7. The van der Waals surface area contributed by atoms with E-state index in [0.29, 0.717) is 5.66 Å². The molecule has 0 N–H and O–H groups in total. The molecule has 15 radical (unpaired) electrons. The van der Waals surface area contributed by atoms with E-state index in [1.807, 2.05) is 32.1 Å². The summed E-state index contributed by atoms with van der Waals surface area (Å²) in [6, 6.07) is 33.1. The molecular formula is C46H50BF4FeNP2Ru+3. The zero-order valence-electron chi connectivity index (χ0n) is 32.3. The van der Waals surface area contributed by atoms with E-state index in [-0.39, 0.29) is 36.5 Å². The Morgan fingerprint density at radius 2 is 1.20 bits per heavy atom. The Labute approximate surface area is 364 Å². The van der Waals surface area contributed by atoms with Crippen molar-refractivity contribution in [3.63, 3.8) is 0 Å². The summed E-state index contributed by atoms with van der Waals surface area (Å²) in [4.78, 5) is 0. The third-order valence-corrected chi connectivity index (χ3v) is 14.0. The van der Waals surface area contributed by atoms with E-state index in [0.717, 1.165) is 26.1 Å². The molecular weight excluding hydrogens is 872 g/mol. The predicted molar refractivity (Wildman–Crippen MR) is 224 cm³/mol. The van der Waals surface area contributed by atoms with Crippen molar-refractivity contribution < 1.29 is 53.8 Å². The summed E-state index contributed by atoms with van der Waals surface area (Å²) in [5.41, 5.74) is 3.03. The maximum atomic E-state index is 9.75. The fourth-order valence-corrected chi connectivity index (χ4v) is 12.0. The van der Waals surface area contributed by atoms with Gasteiger partial charge in [-0.15, -0.1) is 8.58 Å². The largest absolute Gasteiger partial charge is 2.00 e. The van der Waals surface area contributed by atoms with Gasteiger partial charge in [0.25, 0.3) is 0 Å². The van der Waals surface area contributed by atoms with Crippen LogP contribution >= 0.6 is 16.5 Å². The smallest absolute Gasteiger partial charge is 0.418 e. The van der Waals surface area contributed by atoms with Crippen LogP contribution in [0.2, 0.25) is 0 Å². The van der Waals surface area contributed by atoms with Gasteiger partial charge in [0, 0.05) is 12.8 Å². The second kappa shape index (κ2) is 26.9. The van der Waals surface area contributed by atoms with E-state index < -0.39 is 15.2 Å². The molecule has 56 heavy (non-hydrogen) atoms. The van der Waals surface area contributed by atoms with Crippen LogP contribution in [0.25, 0.3) is 0 Å². The molecule has 5 fully saturated rings. The molecule has 0 heterocycles. The monoisotopic (exact) mass is 923 g/mol. The molecule has 0 aromatic heterocycles. The average Bonchev–Trinajstić information content (AvgIpc) is 4.01. The van der Waals surface area contributed by atoms with Gasteiger partial charge < -0.3 is 17.3 Å². The molecule has 5 atom stereocenters. The number of fused-ring (bicyclic) bond motifs is 2. The molecule has 1 nitrogen and oxygen atoms in total. The van der Waals surface area contributed by atoms with E-state index in [1.165, 1.54) is 71.8 Å². The molecule has 293 valence electrons. The Hall–Kier alpha value is -1.06. The van der Waals surface area contributed by atoms with Crippen molar-refractivity contribution in [3.05, 3.63) is 185 Å². The van der Waals surface area contributed by atoms with Crippen LogP contribution in [0.1, 0.15) is 58.9 Å². The Bertz CT molecular complexity index is 1470. The van der Waals surface area contributed by atoms with Gasteiger partial charge >= 0.3 is 43.8 Å². The molecule has 0 saturated heterocycles. The van der Waals surface area contributed by atoms with Gasteiger partial charge in [0.2, 0.25) is 0 Å². The van der Waals surface area contributed by atoms with E-state index in [2.05, 4.69) is 144 Å². The molecule has 0 aliphatic heterocycles. The van der Waals surface area contributed by atoms with Crippen LogP contribution in [0.5, 0.6) is 0 Å². The van der Waals surface area contributed by atoms with Crippen molar-refractivity contribution in [2.45, 2.75) is 64.7 Å². The molecule has 0 spiro atoms. The van der Waals surface area contributed by atoms with Crippen LogP contribution in [0.4, 0.5) is 17.3 Å². The molecule has 0 amide bonds. The van der Waals surface area contributed by atoms with Gasteiger partial charge in [-0.1, -0.05) is 112 Å². The first-order valence-electron chi connectivity index (χ1n) is 18.5. The molecule has 5 saturated carbocycles. The summed E-state index contributed by atoms with van der Waals surface area (Å²) in [6.07, 6.45) is 29.5. The zero-order chi connectivity index (χ0) is 38.9. The molecule has 8 rings (SSSR count). The summed E-state index contributed by atoms with van der Waals surface area (Å²) in [6.45, 7) is 8.13. The Morgan fingerprint density at radius 1 is 0.714 bits per heavy atom. The Kier molecular flexibility index (Phi) is 24.6. The first-order chi connectivity index (χ1) is 26.0. The first-order valence-corrected chi connectivity index (χ1v) is 21.0. The fourth-order valence-electron chi connectivity index (χ4n) is 7.43. The van der Waals surface area contributed by atoms with Crippen LogP contribution in [-0.2, 0) is 36.5 Å². The van der Waals surface area contributed by atoms with Gasteiger partial charge in [-0.2, -0.15) is 5.26 Å². The number of benzene rings is 3. The number of nitrogens with zero attached hydrogens (tertiary/aromatic N) is 1. The van der Waals surface area contributed by atoms with E-state index in [9.17, 15) is 17.3 Å². The molecule has 5 aliphatic rings. The summed E-state index contributed by atoms with van der Waals surface area (Å²) < 4.78 is 39.0. The standard InChI is InChI=1S/C32H33P2.C7H9.C5H5.C2H3N.BF4.Fe.Ru/c1-23(33-31-22-24-19-20-25(31)21-24)28-16-10-17-29(28)30-15-8-9-18-32(30)34(26-11-4-2-5-12-26)27-13-6-3-7-14-27;1-6-3-4-7(2)5-6;1-2-4-5-3-1;1-2-3;2-1(3,4)5;;/h2-18,23-25,31,33H,19-22H2,1H3;3-5H,1-2H3;1-5H;1H3;;;/q;;;;-1;2*+2/t23-,24?,25?,31?;;;;;;/m1....../s1. The van der Waals surface area contributed by atoms with Crippen molar-refractivity contribution in [1.29, 1.82) is 5.26 Å². The molecule has 2 bridgehead atoms. The van der Waals surface area contributed by atoms with Gasteiger partial charge in [-0.3, -0.25) is 0 Å².